The number of carbonyl (C=O) groups is 1. The van der Waals surface area contributed by atoms with Crippen molar-refractivity contribution in [2.75, 3.05) is 36.2 Å². The minimum absolute atomic E-state index is 0.296. The second kappa shape index (κ2) is 8.78. The van der Waals surface area contributed by atoms with Crippen molar-refractivity contribution >= 4 is 46.7 Å². The molecule has 8 nitrogen and oxygen atoms in total. The molecule has 10 heteroatoms. The number of pyridine rings is 1. The van der Waals surface area contributed by atoms with Crippen LogP contribution in [0, 0.1) is 0 Å². The predicted octanol–water partition coefficient (Wildman–Crippen LogP) is 3.41. The highest BCUT2D eigenvalue weighted by molar-refractivity contribution is 7.98. The predicted molar refractivity (Wildman–Crippen MR) is 122 cm³/mol. The number of hydrogen-bond donors (Lipinski definition) is 2. The van der Waals surface area contributed by atoms with Crippen LogP contribution in [0.2, 0.25) is 5.02 Å². The number of carboxylic acid groups (broad SMARTS) is 1. The molecule has 0 aliphatic carbocycles. The van der Waals surface area contributed by atoms with Gasteiger partial charge in [0.25, 0.3) is 0 Å². The summed E-state index contributed by atoms with van der Waals surface area (Å²) in [7, 11) is 1.92. The molecule has 0 amide bonds. The monoisotopic (exact) mass is 459 g/mol. The van der Waals surface area contributed by atoms with E-state index in [1.54, 1.807) is 35.6 Å². The van der Waals surface area contributed by atoms with Crippen LogP contribution in [0.4, 0.5) is 17.3 Å². The maximum absolute atomic E-state index is 11.7. The first-order valence-corrected chi connectivity index (χ1v) is 11.2. The number of benzene rings is 1. The SMILES string of the molecule is CSc1c(Cl)ccc2c1N(CC(=O)O)c1nc(N(C)CCn3ccnc3)ccc1C2O. The molecule has 2 aromatic heterocycles. The maximum Gasteiger partial charge on any atom is 0.323 e. The molecule has 1 unspecified atom stereocenters. The Morgan fingerprint density at radius 3 is 2.74 bits per heavy atom. The number of aromatic nitrogens is 3. The second-order valence-electron chi connectivity index (χ2n) is 7.21. The summed E-state index contributed by atoms with van der Waals surface area (Å²) in [4.78, 5) is 24.8. The van der Waals surface area contributed by atoms with Crippen LogP contribution in [0.1, 0.15) is 17.2 Å². The Balaban J connectivity index is 1.75. The summed E-state index contributed by atoms with van der Waals surface area (Å²) < 4.78 is 1.97. The molecule has 0 saturated heterocycles. The van der Waals surface area contributed by atoms with Gasteiger partial charge in [0.1, 0.15) is 24.3 Å². The van der Waals surface area contributed by atoms with Gasteiger partial charge in [-0.1, -0.05) is 17.7 Å². The quantitative estimate of drug-likeness (QED) is 0.519. The third kappa shape index (κ3) is 4.08. The maximum atomic E-state index is 11.7. The molecular weight excluding hydrogens is 438 g/mol. The van der Waals surface area contributed by atoms with E-state index in [2.05, 4.69) is 4.98 Å². The van der Waals surface area contributed by atoms with E-state index in [0.29, 0.717) is 44.9 Å². The number of aliphatic hydroxyl groups excluding tert-OH is 1. The Bertz CT molecular complexity index is 1110. The zero-order valence-corrected chi connectivity index (χ0v) is 18.6. The lowest BCUT2D eigenvalue weighted by molar-refractivity contribution is -0.135. The van der Waals surface area contributed by atoms with Gasteiger partial charge in [0, 0.05) is 48.6 Å². The van der Waals surface area contributed by atoms with Gasteiger partial charge in [-0.2, -0.15) is 0 Å². The lowest BCUT2D eigenvalue weighted by atomic mass is 9.95. The van der Waals surface area contributed by atoms with E-state index < -0.39 is 12.1 Å². The zero-order valence-electron chi connectivity index (χ0n) is 17.1. The molecule has 2 N–H and O–H groups in total. The number of carboxylic acids is 1. The number of anilines is 3. The van der Waals surface area contributed by atoms with Crippen LogP contribution in [-0.4, -0.2) is 57.1 Å². The molecule has 0 fully saturated rings. The summed E-state index contributed by atoms with van der Waals surface area (Å²) in [6.07, 6.45) is 6.33. The van der Waals surface area contributed by atoms with Gasteiger partial charge in [-0.05, 0) is 24.5 Å². The van der Waals surface area contributed by atoms with E-state index >= 15 is 0 Å². The Labute approximate surface area is 189 Å². The summed E-state index contributed by atoms with van der Waals surface area (Å²) in [5.41, 5.74) is 1.77. The van der Waals surface area contributed by atoms with Crippen LogP contribution in [0.25, 0.3) is 0 Å². The highest BCUT2D eigenvalue weighted by atomic mass is 35.5. The average Bonchev–Trinajstić information content (AvgIpc) is 3.28. The molecule has 31 heavy (non-hydrogen) atoms. The number of hydrogen-bond acceptors (Lipinski definition) is 7. The van der Waals surface area contributed by atoms with Crippen LogP contribution >= 0.6 is 23.4 Å². The first-order valence-electron chi connectivity index (χ1n) is 9.62. The topological polar surface area (TPSA) is 94.7 Å². The van der Waals surface area contributed by atoms with Gasteiger partial charge in [-0.25, -0.2) is 9.97 Å². The summed E-state index contributed by atoms with van der Waals surface area (Å²) in [5, 5.41) is 21.1. The Kier molecular flexibility index (Phi) is 6.08. The van der Waals surface area contributed by atoms with E-state index in [4.69, 9.17) is 16.6 Å². The van der Waals surface area contributed by atoms with Crippen LogP contribution in [0.15, 0.2) is 47.9 Å². The van der Waals surface area contributed by atoms with E-state index in [9.17, 15) is 15.0 Å². The highest BCUT2D eigenvalue weighted by Gasteiger charge is 2.34. The van der Waals surface area contributed by atoms with E-state index in [1.165, 1.54) is 11.8 Å². The molecule has 0 radical (unpaired) electrons. The van der Waals surface area contributed by atoms with Crippen LogP contribution in [0.3, 0.4) is 0 Å². The minimum Gasteiger partial charge on any atom is -0.480 e. The van der Waals surface area contributed by atoms with Gasteiger partial charge in [-0.15, -0.1) is 11.8 Å². The number of aliphatic hydroxyl groups is 1. The summed E-state index contributed by atoms with van der Waals surface area (Å²) in [6.45, 7) is 1.11. The van der Waals surface area contributed by atoms with Crippen molar-refractivity contribution in [2.45, 2.75) is 17.5 Å². The first kappa shape index (κ1) is 21.5. The van der Waals surface area contributed by atoms with Crippen LogP contribution < -0.4 is 9.80 Å². The largest absolute Gasteiger partial charge is 0.480 e. The van der Waals surface area contributed by atoms with Crippen molar-refractivity contribution < 1.29 is 15.0 Å². The number of rotatable bonds is 7. The van der Waals surface area contributed by atoms with Crippen molar-refractivity contribution in [2.24, 2.45) is 0 Å². The van der Waals surface area contributed by atoms with Gasteiger partial charge < -0.3 is 24.6 Å². The minimum atomic E-state index is -0.999. The molecule has 162 valence electrons. The van der Waals surface area contributed by atoms with Crippen molar-refractivity contribution in [3.8, 4) is 0 Å². The third-order valence-corrected chi connectivity index (χ3v) is 6.51. The summed E-state index contributed by atoms with van der Waals surface area (Å²) in [5.74, 6) is 0.102. The number of aliphatic carboxylic acids is 1. The number of nitrogens with zero attached hydrogens (tertiary/aromatic N) is 5. The highest BCUT2D eigenvalue weighted by Crippen LogP contribution is 2.49. The Morgan fingerprint density at radius 2 is 2.06 bits per heavy atom. The van der Waals surface area contributed by atoms with E-state index in [1.807, 2.05) is 35.0 Å². The molecule has 3 aromatic rings. The first-order chi connectivity index (χ1) is 14.9. The normalized spacial score (nSPS) is 14.8. The van der Waals surface area contributed by atoms with E-state index in [0.717, 1.165) is 6.54 Å². The zero-order chi connectivity index (χ0) is 22.1. The van der Waals surface area contributed by atoms with Gasteiger partial charge >= 0.3 is 5.97 Å². The van der Waals surface area contributed by atoms with Gasteiger partial charge in [-0.3, -0.25) is 4.79 Å². The fourth-order valence-electron chi connectivity index (χ4n) is 3.71. The van der Waals surface area contributed by atoms with E-state index in [-0.39, 0.29) is 6.54 Å². The average molecular weight is 460 g/mol. The molecule has 4 rings (SSSR count). The Morgan fingerprint density at radius 1 is 1.29 bits per heavy atom. The van der Waals surface area contributed by atoms with Crippen molar-refractivity contribution in [3.63, 3.8) is 0 Å². The molecule has 0 bridgehead atoms. The molecular formula is C21H22ClN5O3S. The summed E-state index contributed by atoms with van der Waals surface area (Å²) in [6, 6.07) is 7.11. The van der Waals surface area contributed by atoms with Gasteiger partial charge in [0.2, 0.25) is 0 Å². The van der Waals surface area contributed by atoms with Gasteiger partial charge in [0.15, 0.2) is 0 Å². The molecule has 1 aromatic carbocycles. The molecule has 1 atom stereocenters. The number of thioether (sulfide) groups is 1. The molecule has 1 aliphatic heterocycles. The smallest absolute Gasteiger partial charge is 0.323 e. The lowest BCUT2D eigenvalue weighted by Crippen LogP contribution is -2.33. The number of likely N-dealkylation sites (N-methyl/N-ethyl adjacent to an activating group) is 1. The lowest BCUT2D eigenvalue weighted by Gasteiger charge is -2.36. The second-order valence-corrected chi connectivity index (χ2v) is 8.43. The standard InChI is InChI=1S/C21H22ClN5O3S/c1-25(9-10-26-8-7-23-12-26)16-6-4-14-19(30)13-3-5-15(22)20(31-2)18(13)27(11-17(28)29)21(14)24-16/h3-8,12,19,30H,9-11H2,1-2H3,(H,28,29). The molecule has 3 heterocycles. The number of halogens is 1. The van der Waals surface area contributed by atoms with Crippen molar-refractivity contribution in [3.05, 3.63) is 59.1 Å². The molecule has 0 saturated carbocycles. The third-order valence-electron chi connectivity index (χ3n) is 5.26. The van der Waals surface area contributed by atoms with Crippen molar-refractivity contribution in [1.29, 1.82) is 0 Å². The van der Waals surface area contributed by atoms with Crippen LogP contribution in [0.5, 0.6) is 0 Å². The molecule has 1 aliphatic rings. The number of fused-ring (bicyclic) bond motifs is 2. The van der Waals surface area contributed by atoms with Crippen molar-refractivity contribution in [1.82, 2.24) is 14.5 Å². The summed E-state index contributed by atoms with van der Waals surface area (Å²) >= 11 is 7.81. The van der Waals surface area contributed by atoms with Crippen LogP contribution in [-0.2, 0) is 11.3 Å². The Hall–Kier alpha value is -2.75. The fraction of sp³-hybridized carbons (Fsp3) is 0.286. The number of imidazole rings is 1. The van der Waals surface area contributed by atoms with Gasteiger partial charge in [0.05, 0.1) is 17.0 Å². The fourth-order valence-corrected chi connectivity index (χ4v) is 4.78. The molecule has 0 spiro atoms.